The number of nitrogens with one attached hydrogen (secondary N) is 1. The first kappa shape index (κ1) is 14.1. The second kappa shape index (κ2) is 5.78. The summed E-state index contributed by atoms with van der Waals surface area (Å²) in [7, 11) is -3.54. The van der Waals surface area contributed by atoms with E-state index in [4.69, 9.17) is 10.3 Å². The summed E-state index contributed by atoms with van der Waals surface area (Å²) in [6.07, 6.45) is 0.671. The van der Waals surface area contributed by atoms with Crippen molar-refractivity contribution in [1.82, 2.24) is 14.9 Å². The Morgan fingerprint density at radius 1 is 1.47 bits per heavy atom. The number of rotatable bonds is 6. The third-order valence-corrected chi connectivity index (χ3v) is 5.32. The number of aryl methyl sites for hydroxylation is 1. The number of hydrogen-bond acceptors (Lipinski definition) is 7. The van der Waals surface area contributed by atoms with Gasteiger partial charge in [-0.05, 0) is 25.1 Å². The summed E-state index contributed by atoms with van der Waals surface area (Å²) in [5.41, 5.74) is 5.43. The Morgan fingerprint density at radius 3 is 2.89 bits per heavy atom. The van der Waals surface area contributed by atoms with Crippen LogP contribution in [0.1, 0.15) is 16.6 Å². The molecule has 104 valence electrons. The van der Waals surface area contributed by atoms with Crippen LogP contribution in [0.3, 0.4) is 0 Å². The van der Waals surface area contributed by atoms with Gasteiger partial charge in [-0.15, -0.1) is 11.3 Å². The van der Waals surface area contributed by atoms with E-state index in [1.54, 1.807) is 19.1 Å². The third kappa shape index (κ3) is 3.60. The molecule has 0 radical (unpaired) electrons. The van der Waals surface area contributed by atoms with E-state index >= 15 is 0 Å². The van der Waals surface area contributed by atoms with Gasteiger partial charge in [-0.3, -0.25) is 0 Å². The Bertz CT molecular complexity index is 647. The lowest BCUT2D eigenvalue weighted by molar-refractivity contribution is 0.387. The summed E-state index contributed by atoms with van der Waals surface area (Å²) in [6.45, 7) is 2.14. The summed E-state index contributed by atoms with van der Waals surface area (Å²) in [4.78, 5) is 4.87. The van der Waals surface area contributed by atoms with Crippen LogP contribution in [0.5, 0.6) is 0 Å². The molecule has 0 amide bonds. The van der Waals surface area contributed by atoms with Crippen molar-refractivity contribution < 1.29 is 12.9 Å². The lowest BCUT2D eigenvalue weighted by Crippen LogP contribution is -2.23. The number of thiophene rings is 1. The monoisotopic (exact) mass is 302 g/mol. The van der Waals surface area contributed by atoms with Crippen molar-refractivity contribution in [1.29, 1.82) is 0 Å². The van der Waals surface area contributed by atoms with Gasteiger partial charge >= 0.3 is 0 Å². The van der Waals surface area contributed by atoms with Gasteiger partial charge in [0.05, 0.1) is 6.54 Å². The van der Waals surface area contributed by atoms with Gasteiger partial charge in [0.2, 0.25) is 15.9 Å². The van der Waals surface area contributed by atoms with E-state index in [1.807, 2.05) is 0 Å². The van der Waals surface area contributed by atoms with Crippen molar-refractivity contribution in [2.24, 2.45) is 5.73 Å². The molecule has 0 unspecified atom stereocenters. The Kier molecular flexibility index (Phi) is 4.30. The topological polar surface area (TPSA) is 111 Å². The van der Waals surface area contributed by atoms with Crippen molar-refractivity contribution in [3.63, 3.8) is 0 Å². The molecule has 0 saturated heterocycles. The zero-order valence-electron chi connectivity index (χ0n) is 10.3. The predicted octanol–water partition coefficient (Wildman–Crippen LogP) is 0.419. The average molecular weight is 302 g/mol. The first-order chi connectivity index (χ1) is 9.01. The second-order valence-corrected chi connectivity index (χ2v) is 6.98. The molecule has 19 heavy (non-hydrogen) atoms. The summed E-state index contributed by atoms with van der Waals surface area (Å²) in [5, 5.41) is 3.62. The van der Waals surface area contributed by atoms with Gasteiger partial charge in [0, 0.05) is 11.8 Å². The lowest BCUT2D eigenvalue weighted by Gasteiger charge is -2.01. The van der Waals surface area contributed by atoms with Gasteiger partial charge in [-0.1, -0.05) is 5.16 Å². The normalized spacial score (nSPS) is 11.9. The zero-order chi connectivity index (χ0) is 13.9. The van der Waals surface area contributed by atoms with E-state index in [0.29, 0.717) is 24.7 Å². The van der Waals surface area contributed by atoms with E-state index in [0.717, 1.165) is 4.88 Å². The Morgan fingerprint density at radius 2 is 2.26 bits per heavy atom. The minimum Gasteiger partial charge on any atom is -0.340 e. The number of aromatic nitrogens is 2. The van der Waals surface area contributed by atoms with Crippen LogP contribution < -0.4 is 10.5 Å². The highest BCUT2D eigenvalue weighted by Gasteiger charge is 2.17. The fourth-order valence-electron chi connectivity index (χ4n) is 1.42. The molecule has 3 N–H and O–H groups in total. The Balaban J connectivity index is 2.04. The van der Waals surface area contributed by atoms with Crippen LogP contribution in [0.2, 0.25) is 0 Å². The highest BCUT2D eigenvalue weighted by Crippen LogP contribution is 2.21. The van der Waals surface area contributed by atoms with Gasteiger partial charge in [0.15, 0.2) is 5.82 Å². The maximum Gasteiger partial charge on any atom is 0.250 e. The number of nitrogens with zero attached hydrogens (tertiary/aromatic N) is 2. The van der Waals surface area contributed by atoms with E-state index in [-0.39, 0.29) is 10.8 Å². The SMILES string of the molecule is Cc1nc(CNS(=O)(=O)c2ccc(CCN)s2)no1. The minimum atomic E-state index is -3.54. The van der Waals surface area contributed by atoms with Crippen LogP contribution in [0.15, 0.2) is 20.9 Å². The average Bonchev–Trinajstić information content (AvgIpc) is 2.97. The van der Waals surface area contributed by atoms with E-state index in [2.05, 4.69) is 14.9 Å². The van der Waals surface area contributed by atoms with E-state index in [9.17, 15) is 8.42 Å². The summed E-state index contributed by atoms with van der Waals surface area (Å²) < 4.78 is 31.5. The van der Waals surface area contributed by atoms with Gasteiger partial charge in [0.25, 0.3) is 0 Å². The van der Waals surface area contributed by atoms with Crippen LogP contribution >= 0.6 is 11.3 Å². The molecule has 7 nitrogen and oxygen atoms in total. The van der Waals surface area contributed by atoms with Crippen LogP contribution in [0, 0.1) is 6.92 Å². The molecule has 2 aromatic heterocycles. The maximum absolute atomic E-state index is 12.0. The molecule has 0 saturated carbocycles. The molecule has 2 aromatic rings. The molecule has 2 rings (SSSR count). The van der Waals surface area contributed by atoms with Crippen molar-refractivity contribution >= 4 is 21.4 Å². The summed E-state index contributed by atoms with van der Waals surface area (Å²) in [6, 6.07) is 3.34. The molecule has 2 heterocycles. The first-order valence-electron chi connectivity index (χ1n) is 5.59. The molecule has 0 fully saturated rings. The first-order valence-corrected chi connectivity index (χ1v) is 7.89. The van der Waals surface area contributed by atoms with Crippen LogP contribution in [-0.2, 0) is 23.0 Å². The Labute approximate surface area is 114 Å². The predicted molar refractivity (Wildman–Crippen MR) is 70.1 cm³/mol. The lowest BCUT2D eigenvalue weighted by atomic mass is 10.3. The van der Waals surface area contributed by atoms with Crippen molar-refractivity contribution in [2.75, 3.05) is 6.54 Å². The Hall–Kier alpha value is -1.29. The van der Waals surface area contributed by atoms with Crippen molar-refractivity contribution in [3.05, 3.63) is 28.7 Å². The number of nitrogens with two attached hydrogens (primary N) is 1. The largest absolute Gasteiger partial charge is 0.340 e. The minimum absolute atomic E-state index is 0.00377. The molecule has 0 bridgehead atoms. The van der Waals surface area contributed by atoms with E-state index < -0.39 is 10.0 Å². The van der Waals surface area contributed by atoms with Crippen molar-refractivity contribution in [2.45, 2.75) is 24.1 Å². The van der Waals surface area contributed by atoms with Gasteiger partial charge in [0.1, 0.15) is 4.21 Å². The molecule has 0 atom stereocenters. The molecular formula is C10H14N4O3S2. The van der Waals surface area contributed by atoms with Crippen LogP contribution in [-0.4, -0.2) is 25.1 Å². The fraction of sp³-hybridized carbons (Fsp3) is 0.400. The number of hydrogen-bond donors (Lipinski definition) is 2. The molecule has 0 aromatic carbocycles. The van der Waals surface area contributed by atoms with Gasteiger partial charge in [-0.2, -0.15) is 4.98 Å². The van der Waals surface area contributed by atoms with E-state index in [1.165, 1.54) is 11.3 Å². The molecular weight excluding hydrogens is 288 g/mol. The van der Waals surface area contributed by atoms with Gasteiger partial charge < -0.3 is 10.3 Å². The highest BCUT2D eigenvalue weighted by atomic mass is 32.2. The molecule has 0 aliphatic rings. The fourth-order valence-corrected chi connectivity index (χ4v) is 3.82. The molecule has 0 aliphatic heterocycles. The smallest absolute Gasteiger partial charge is 0.250 e. The maximum atomic E-state index is 12.0. The number of sulfonamides is 1. The van der Waals surface area contributed by atoms with Gasteiger partial charge in [-0.25, -0.2) is 13.1 Å². The standard InChI is InChI=1S/C10H14N4O3S2/c1-7-13-9(14-17-7)6-12-19(15,16)10-3-2-8(18-10)4-5-11/h2-3,12H,4-6,11H2,1H3. The molecule has 0 spiro atoms. The zero-order valence-corrected chi connectivity index (χ0v) is 11.9. The summed E-state index contributed by atoms with van der Waals surface area (Å²) in [5.74, 6) is 0.704. The molecule has 9 heteroatoms. The second-order valence-electron chi connectivity index (χ2n) is 3.81. The van der Waals surface area contributed by atoms with Crippen molar-refractivity contribution in [3.8, 4) is 0 Å². The summed E-state index contributed by atoms with van der Waals surface area (Å²) >= 11 is 1.21. The highest BCUT2D eigenvalue weighted by molar-refractivity contribution is 7.91. The quantitative estimate of drug-likeness (QED) is 0.800. The molecule has 0 aliphatic carbocycles. The van der Waals surface area contributed by atoms with Crippen LogP contribution in [0.25, 0.3) is 0 Å². The third-order valence-electron chi connectivity index (χ3n) is 2.28. The van der Waals surface area contributed by atoms with Crippen LogP contribution in [0.4, 0.5) is 0 Å².